The number of nitrogens with one attached hydrogen (secondary N) is 1. The number of benzene rings is 2. The molecule has 1 N–H and O–H groups in total. The van der Waals surface area contributed by atoms with Gasteiger partial charge in [-0.15, -0.1) is 0 Å². The van der Waals surface area contributed by atoms with Crippen LogP contribution in [0, 0.1) is 6.92 Å². The summed E-state index contributed by atoms with van der Waals surface area (Å²) in [7, 11) is 1.59. The molecule has 0 spiro atoms. The van der Waals surface area contributed by atoms with Crippen LogP contribution in [-0.2, 0) is 6.42 Å². The fraction of sp³-hybridized carbons (Fsp3) is 0.452. The maximum absolute atomic E-state index is 6.59. The summed E-state index contributed by atoms with van der Waals surface area (Å²) in [5.41, 5.74) is 6.29. The minimum absolute atomic E-state index is 0.326. The molecule has 10 heteroatoms. The van der Waals surface area contributed by atoms with Crippen LogP contribution in [0.15, 0.2) is 41.5 Å². The second-order valence-corrected chi connectivity index (χ2v) is 10.8. The number of hydrogen-bond acceptors (Lipinski definition) is 9. The van der Waals surface area contributed by atoms with E-state index in [2.05, 4.69) is 46.3 Å². The first-order valence-electron chi connectivity index (χ1n) is 14.4. The van der Waals surface area contributed by atoms with E-state index in [1.165, 1.54) is 36.8 Å². The molecule has 5 rings (SSSR count). The summed E-state index contributed by atoms with van der Waals surface area (Å²) in [6.45, 7) is 8.91. The van der Waals surface area contributed by atoms with Crippen molar-refractivity contribution >= 4 is 35.4 Å². The molecule has 3 aromatic rings. The molecule has 0 amide bonds. The quantitative estimate of drug-likeness (QED) is 0.156. The van der Waals surface area contributed by atoms with Gasteiger partial charge in [0.15, 0.2) is 17.3 Å². The highest BCUT2D eigenvalue weighted by atomic mass is 35.5. The van der Waals surface area contributed by atoms with Crippen molar-refractivity contribution < 1.29 is 14.2 Å². The average Bonchev–Trinajstić information content (AvgIpc) is 3.71. The Morgan fingerprint density at radius 2 is 1.66 bits per heavy atom. The van der Waals surface area contributed by atoms with Gasteiger partial charge in [-0.1, -0.05) is 24.6 Å². The molecule has 9 nitrogen and oxygen atoms in total. The van der Waals surface area contributed by atoms with Crippen LogP contribution in [0.5, 0.6) is 17.2 Å². The van der Waals surface area contributed by atoms with Gasteiger partial charge in [0, 0.05) is 32.2 Å². The lowest BCUT2D eigenvalue weighted by Crippen LogP contribution is -2.24. The van der Waals surface area contributed by atoms with Crippen LogP contribution in [0.1, 0.15) is 49.3 Å². The largest absolute Gasteiger partial charge is 0.493 e. The highest BCUT2D eigenvalue weighted by Crippen LogP contribution is 2.36. The predicted molar refractivity (Wildman–Crippen MR) is 166 cm³/mol. The molecule has 3 heterocycles. The summed E-state index contributed by atoms with van der Waals surface area (Å²) in [6.07, 6.45) is 7.36. The summed E-state index contributed by atoms with van der Waals surface area (Å²) < 4.78 is 17.4. The van der Waals surface area contributed by atoms with E-state index in [1.807, 2.05) is 18.2 Å². The summed E-state index contributed by atoms with van der Waals surface area (Å²) in [4.78, 5) is 14.2. The van der Waals surface area contributed by atoms with Crippen molar-refractivity contribution in [3.63, 3.8) is 0 Å². The van der Waals surface area contributed by atoms with Gasteiger partial charge in [0.2, 0.25) is 5.95 Å². The number of nitrogens with zero attached hydrogens (tertiary/aromatic N) is 5. The van der Waals surface area contributed by atoms with Gasteiger partial charge in [0.25, 0.3) is 0 Å². The van der Waals surface area contributed by atoms with Crippen molar-refractivity contribution in [1.82, 2.24) is 9.97 Å². The SMILES string of the molecule is CCc1cc(C)cc(OCCOc2c(Cl)cc(/C=N/Nc3cc(N4CCCC4)nc(N4CCCC4)n3)cc2OC)c1. The molecule has 2 saturated heterocycles. The van der Waals surface area contributed by atoms with Crippen LogP contribution in [0.25, 0.3) is 0 Å². The maximum Gasteiger partial charge on any atom is 0.229 e. The smallest absolute Gasteiger partial charge is 0.229 e. The molecule has 0 radical (unpaired) electrons. The lowest BCUT2D eigenvalue weighted by Gasteiger charge is -2.21. The molecule has 0 saturated carbocycles. The van der Waals surface area contributed by atoms with Crippen molar-refractivity contribution in [2.24, 2.45) is 5.10 Å². The Balaban J connectivity index is 1.23. The van der Waals surface area contributed by atoms with Gasteiger partial charge in [0.1, 0.15) is 24.8 Å². The molecule has 0 unspecified atom stereocenters. The van der Waals surface area contributed by atoms with Gasteiger partial charge in [-0.2, -0.15) is 15.1 Å². The van der Waals surface area contributed by atoms with E-state index in [9.17, 15) is 0 Å². The second kappa shape index (κ2) is 13.8. The number of aromatic nitrogens is 2. The zero-order chi connectivity index (χ0) is 28.6. The van der Waals surface area contributed by atoms with Gasteiger partial charge in [-0.05, 0) is 80.0 Å². The molecule has 2 fully saturated rings. The fourth-order valence-corrected chi connectivity index (χ4v) is 5.46. The molecule has 0 atom stereocenters. The van der Waals surface area contributed by atoms with E-state index in [4.69, 9.17) is 35.8 Å². The number of hydrazone groups is 1. The molecule has 218 valence electrons. The molecule has 2 aliphatic rings. The lowest BCUT2D eigenvalue weighted by molar-refractivity contribution is 0.211. The number of ether oxygens (including phenoxy) is 3. The second-order valence-electron chi connectivity index (χ2n) is 10.4. The molecule has 0 bridgehead atoms. The number of methoxy groups -OCH3 is 1. The minimum atomic E-state index is 0.326. The van der Waals surface area contributed by atoms with Gasteiger partial charge in [0.05, 0.1) is 18.3 Å². The zero-order valence-corrected chi connectivity index (χ0v) is 24.9. The summed E-state index contributed by atoms with van der Waals surface area (Å²) in [5, 5.41) is 4.88. The topological polar surface area (TPSA) is 84.3 Å². The Labute approximate surface area is 247 Å². The van der Waals surface area contributed by atoms with E-state index in [0.717, 1.165) is 55.7 Å². The fourth-order valence-electron chi connectivity index (χ4n) is 5.19. The molecular formula is C31H39ClN6O3. The van der Waals surface area contributed by atoms with Gasteiger partial charge < -0.3 is 24.0 Å². The summed E-state index contributed by atoms with van der Waals surface area (Å²) in [5.74, 6) is 4.21. The Morgan fingerprint density at radius 3 is 2.39 bits per heavy atom. The van der Waals surface area contributed by atoms with Crippen LogP contribution in [-0.4, -0.2) is 62.7 Å². The Morgan fingerprint density at radius 1 is 0.927 bits per heavy atom. The third kappa shape index (κ3) is 7.52. The van der Waals surface area contributed by atoms with E-state index in [0.29, 0.717) is 35.6 Å². The average molecular weight is 579 g/mol. The van der Waals surface area contributed by atoms with E-state index in [-0.39, 0.29) is 0 Å². The number of hydrogen-bond donors (Lipinski definition) is 1. The van der Waals surface area contributed by atoms with Crippen molar-refractivity contribution in [2.45, 2.75) is 46.0 Å². The van der Waals surface area contributed by atoms with Gasteiger partial charge in [-0.25, -0.2) is 0 Å². The first-order valence-corrected chi connectivity index (χ1v) is 14.8. The Bertz CT molecular complexity index is 1320. The van der Waals surface area contributed by atoms with Crippen molar-refractivity contribution in [2.75, 3.05) is 61.7 Å². The van der Waals surface area contributed by atoms with Gasteiger partial charge >= 0.3 is 0 Å². The summed E-state index contributed by atoms with van der Waals surface area (Å²) in [6, 6.07) is 11.9. The zero-order valence-electron chi connectivity index (χ0n) is 24.2. The van der Waals surface area contributed by atoms with Crippen molar-refractivity contribution in [3.05, 3.63) is 58.1 Å². The standard InChI is InChI=1S/C31H39ClN6O3/c1-4-23-15-22(2)16-25(17-23)40-13-14-41-30-26(32)18-24(19-27(30)39-3)21-33-36-28-20-29(37-9-5-6-10-37)35-31(34-28)38-11-7-8-12-38/h15-21H,4-14H2,1-3H3,(H,34,35,36)/b33-21+. The normalized spacial score (nSPS) is 15.1. The Kier molecular flexibility index (Phi) is 9.67. The highest BCUT2D eigenvalue weighted by molar-refractivity contribution is 6.32. The van der Waals surface area contributed by atoms with E-state index >= 15 is 0 Å². The number of aryl methyl sites for hydroxylation is 2. The summed E-state index contributed by atoms with van der Waals surface area (Å²) >= 11 is 6.59. The monoisotopic (exact) mass is 578 g/mol. The van der Waals surface area contributed by atoms with Crippen LogP contribution in [0.3, 0.4) is 0 Å². The van der Waals surface area contributed by atoms with Crippen LogP contribution < -0.4 is 29.4 Å². The van der Waals surface area contributed by atoms with E-state index < -0.39 is 0 Å². The maximum atomic E-state index is 6.59. The molecule has 2 aromatic carbocycles. The third-order valence-electron chi connectivity index (χ3n) is 7.28. The van der Waals surface area contributed by atoms with Crippen molar-refractivity contribution in [1.29, 1.82) is 0 Å². The molecule has 2 aliphatic heterocycles. The first kappa shape index (κ1) is 28.8. The number of rotatable bonds is 12. The van der Waals surface area contributed by atoms with Crippen LogP contribution in [0.4, 0.5) is 17.6 Å². The highest BCUT2D eigenvalue weighted by Gasteiger charge is 2.20. The van der Waals surface area contributed by atoms with E-state index in [1.54, 1.807) is 19.4 Å². The first-order chi connectivity index (χ1) is 20.0. The van der Waals surface area contributed by atoms with Crippen LogP contribution in [0.2, 0.25) is 5.02 Å². The molecule has 1 aromatic heterocycles. The van der Waals surface area contributed by atoms with Crippen LogP contribution >= 0.6 is 11.6 Å². The third-order valence-corrected chi connectivity index (χ3v) is 7.56. The number of anilines is 3. The lowest BCUT2D eigenvalue weighted by atomic mass is 10.1. The minimum Gasteiger partial charge on any atom is -0.493 e. The van der Waals surface area contributed by atoms with Gasteiger partial charge in [-0.3, -0.25) is 5.43 Å². The number of halogens is 1. The molecule has 41 heavy (non-hydrogen) atoms. The molecule has 0 aliphatic carbocycles. The predicted octanol–water partition coefficient (Wildman–Crippen LogP) is 6.11. The molecular weight excluding hydrogens is 540 g/mol. The Hall–Kier alpha value is -3.72. The van der Waals surface area contributed by atoms with Crippen molar-refractivity contribution in [3.8, 4) is 17.2 Å².